The van der Waals surface area contributed by atoms with Gasteiger partial charge in [-0.05, 0) is 156 Å². The third kappa shape index (κ3) is 8.06. The lowest BCUT2D eigenvalue weighted by Crippen LogP contribution is -2.56. The van der Waals surface area contributed by atoms with Crippen LogP contribution in [0.1, 0.15) is 77.9 Å². The Balaban J connectivity index is 1.48. The normalized spacial score (nSPS) is 11.9. The van der Waals surface area contributed by atoms with Crippen molar-refractivity contribution >= 4 is 78.5 Å². The zero-order valence-electron chi connectivity index (χ0n) is 43.5. The van der Waals surface area contributed by atoms with Gasteiger partial charge in [0.15, 0.2) is 0 Å². The van der Waals surface area contributed by atoms with Crippen LogP contribution in [0.5, 0.6) is 0 Å². The zero-order chi connectivity index (χ0) is 50.5. The molecule has 0 spiro atoms. The summed E-state index contributed by atoms with van der Waals surface area (Å²) in [7, 11) is 0. The molecular formula is C66H61B2F3. The van der Waals surface area contributed by atoms with E-state index in [9.17, 15) is 0 Å². The van der Waals surface area contributed by atoms with Crippen LogP contribution in [0.3, 0.4) is 0 Å². The largest absolute Gasteiger partial charge is 0.417 e. The van der Waals surface area contributed by atoms with E-state index in [1.165, 1.54) is 84.0 Å². The smallest absolute Gasteiger partial charge is 0.166 e. The number of benzene rings is 10. The molecule has 0 unspecified atom stereocenters. The molecule has 10 rings (SSSR count). The zero-order valence-corrected chi connectivity index (χ0v) is 43.5. The van der Waals surface area contributed by atoms with Gasteiger partial charge in [0, 0.05) is 0 Å². The minimum Gasteiger partial charge on any atom is -0.166 e. The Labute approximate surface area is 419 Å². The van der Waals surface area contributed by atoms with E-state index in [2.05, 4.69) is 199 Å². The summed E-state index contributed by atoms with van der Waals surface area (Å²) < 4.78 is 46.6. The lowest BCUT2D eigenvalue weighted by molar-refractivity contribution is -0.137. The van der Waals surface area contributed by atoms with E-state index in [1.54, 1.807) is 12.1 Å². The Morgan fingerprint density at radius 3 is 0.930 bits per heavy atom. The molecule has 0 radical (unpaired) electrons. The molecule has 0 fully saturated rings. The van der Waals surface area contributed by atoms with E-state index in [4.69, 9.17) is 0 Å². The number of alkyl halides is 3. The molecule has 0 aliphatic heterocycles. The highest BCUT2D eigenvalue weighted by molar-refractivity contribution is 6.99. The summed E-state index contributed by atoms with van der Waals surface area (Å²) >= 11 is 0. The van der Waals surface area contributed by atoms with Gasteiger partial charge in [0.1, 0.15) is 0 Å². The van der Waals surface area contributed by atoms with Crippen LogP contribution in [0.25, 0.3) is 54.6 Å². The van der Waals surface area contributed by atoms with Crippen molar-refractivity contribution in [2.75, 3.05) is 0 Å². The maximum Gasteiger partial charge on any atom is 0.417 e. The van der Waals surface area contributed by atoms with E-state index in [0.29, 0.717) is 5.56 Å². The van der Waals surface area contributed by atoms with Gasteiger partial charge < -0.3 is 0 Å². The van der Waals surface area contributed by atoms with Crippen molar-refractivity contribution in [3.8, 4) is 22.3 Å². The van der Waals surface area contributed by atoms with Crippen LogP contribution in [-0.4, -0.2) is 13.4 Å². The van der Waals surface area contributed by atoms with E-state index in [-0.39, 0.29) is 19.0 Å². The molecule has 0 saturated carbocycles. The molecular weight excluding hydrogens is 871 g/mol. The SMILES string of the molecule is Cc1cc(C)c(B(c2c(C)cc(C)cc2C)c2cc(-c3ccccc3C)c3ccc4c(-c5ccccc5C(F)(F)F)cc(B(c5c(C)cc(C)cc5C)c5c(C)cc(C)cc5C)c5ccc2c3c54)c(C)c1. The van der Waals surface area contributed by atoms with Gasteiger partial charge in [0.2, 0.25) is 13.4 Å². The Bertz CT molecular complexity index is 3590. The fraction of sp³-hybridized carbons (Fsp3) is 0.212. The molecule has 352 valence electrons. The van der Waals surface area contributed by atoms with Crippen molar-refractivity contribution in [3.05, 3.63) is 211 Å². The van der Waals surface area contributed by atoms with Crippen molar-refractivity contribution in [1.29, 1.82) is 0 Å². The molecule has 71 heavy (non-hydrogen) atoms. The van der Waals surface area contributed by atoms with Crippen molar-refractivity contribution < 1.29 is 13.2 Å². The fourth-order valence-electron chi connectivity index (χ4n) is 13.3. The average Bonchev–Trinajstić information content (AvgIpc) is 3.28. The third-order valence-electron chi connectivity index (χ3n) is 15.6. The number of halogens is 3. The van der Waals surface area contributed by atoms with Crippen molar-refractivity contribution in [2.24, 2.45) is 0 Å². The molecule has 0 saturated heterocycles. The maximum atomic E-state index is 15.5. The Morgan fingerprint density at radius 1 is 0.296 bits per heavy atom. The first-order valence-corrected chi connectivity index (χ1v) is 25.0. The predicted molar refractivity (Wildman–Crippen MR) is 303 cm³/mol. The Kier molecular flexibility index (Phi) is 12.0. The second-order valence-corrected chi connectivity index (χ2v) is 21.1. The van der Waals surface area contributed by atoms with Crippen LogP contribution in [0, 0.1) is 90.0 Å². The first-order chi connectivity index (χ1) is 33.7. The minimum atomic E-state index is -4.58. The van der Waals surface area contributed by atoms with Gasteiger partial charge in [-0.25, -0.2) is 0 Å². The lowest BCUT2D eigenvalue weighted by Gasteiger charge is -2.29. The molecule has 0 N–H and O–H groups in total. The van der Waals surface area contributed by atoms with Gasteiger partial charge in [-0.3, -0.25) is 0 Å². The quantitative estimate of drug-likeness (QED) is 0.105. The molecule has 0 amide bonds. The summed E-state index contributed by atoms with van der Waals surface area (Å²) in [4.78, 5) is 0. The maximum absolute atomic E-state index is 15.5. The molecule has 0 nitrogen and oxygen atoms in total. The highest BCUT2D eigenvalue weighted by Crippen LogP contribution is 2.45. The van der Waals surface area contributed by atoms with Crippen LogP contribution >= 0.6 is 0 Å². The van der Waals surface area contributed by atoms with Crippen LogP contribution in [0.4, 0.5) is 13.2 Å². The predicted octanol–water partition coefficient (Wildman–Crippen LogP) is 14.0. The fourth-order valence-corrected chi connectivity index (χ4v) is 13.3. The van der Waals surface area contributed by atoms with E-state index in [1.807, 2.05) is 0 Å². The monoisotopic (exact) mass is 932 g/mol. The van der Waals surface area contributed by atoms with Gasteiger partial charge in [0.25, 0.3) is 0 Å². The molecule has 5 heteroatoms. The number of hydrogen-bond donors (Lipinski definition) is 0. The topological polar surface area (TPSA) is 0 Å². The van der Waals surface area contributed by atoms with E-state index >= 15 is 13.2 Å². The standard InChI is InChI=1S/C66H61B2F3/c1-36-26-41(6)62(42(7)27-36)67(63-43(8)28-37(2)29-44(63)9)58-34-55(49-19-15-14-18-40(49)5)51-22-23-52-56(50-20-16-17-21-57(50)66(69,70)71)35-59(54-25-24-53(58)60(51)61(52)54)68(64-45(10)30-38(3)31-46(64)11)65-47(12)32-39(4)33-48(65)13/h14-35H,1-13H3. The van der Waals surface area contributed by atoms with Crippen LogP contribution in [0.2, 0.25) is 0 Å². The average molecular weight is 933 g/mol. The summed E-state index contributed by atoms with van der Waals surface area (Å²) in [5.74, 6) is 0. The minimum absolute atomic E-state index is 0.156. The number of hydrogen-bond acceptors (Lipinski definition) is 0. The van der Waals surface area contributed by atoms with Gasteiger partial charge in [0.05, 0.1) is 5.56 Å². The van der Waals surface area contributed by atoms with Crippen LogP contribution < -0.4 is 32.8 Å². The molecule has 0 aliphatic rings. The first-order valence-electron chi connectivity index (χ1n) is 25.0. The molecule has 0 aromatic heterocycles. The number of rotatable bonds is 8. The first kappa shape index (κ1) is 47.8. The summed E-state index contributed by atoms with van der Waals surface area (Å²) in [6.45, 7) is 28.1. The molecule has 10 aromatic rings. The molecule has 0 atom stereocenters. The van der Waals surface area contributed by atoms with Gasteiger partial charge in [-0.1, -0.05) is 227 Å². The van der Waals surface area contributed by atoms with Gasteiger partial charge in [-0.15, -0.1) is 0 Å². The summed E-state index contributed by atoms with van der Waals surface area (Å²) in [6.07, 6.45) is -4.58. The lowest BCUT2D eigenvalue weighted by atomic mass is 9.33. The summed E-state index contributed by atoms with van der Waals surface area (Å²) in [5, 5.41) is 6.11. The third-order valence-corrected chi connectivity index (χ3v) is 15.6. The van der Waals surface area contributed by atoms with Crippen molar-refractivity contribution in [1.82, 2.24) is 0 Å². The molecule has 0 bridgehead atoms. The van der Waals surface area contributed by atoms with E-state index in [0.717, 1.165) is 76.7 Å². The van der Waals surface area contributed by atoms with Gasteiger partial charge in [-0.2, -0.15) is 13.2 Å². The molecule has 0 heterocycles. The summed E-state index contributed by atoms with van der Waals surface area (Å²) in [6, 6.07) is 46.6. The summed E-state index contributed by atoms with van der Waals surface area (Å²) in [5.41, 5.74) is 25.1. The Hall–Kier alpha value is -6.84. The molecule has 10 aromatic carbocycles. The highest BCUT2D eigenvalue weighted by Gasteiger charge is 2.37. The van der Waals surface area contributed by atoms with Gasteiger partial charge >= 0.3 is 6.18 Å². The van der Waals surface area contributed by atoms with Crippen molar-refractivity contribution in [2.45, 2.75) is 96.2 Å². The second-order valence-electron chi connectivity index (χ2n) is 21.1. The second kappa shape index (κ2) is 17.8. The van der Waals surface area contributed by atoms with E-state index < -0.39 is 11.7 Å². The van der Waals surface area contributed by atoms with Crippen LogP contribution in [0.15, 0.2) is 133 Å². The van der Waals surface area contributed by atoms with Crippen molar-refractivity contribution in [3.63, 3.8) is 0 Å². The Morgan fingerprint density at radius 2 is 0.592 bits per heavy atom. The molecule has 0 aliphatic carbocycles. The van der Waals surface area contributed by atoms with Crippen LogP contribution in [-0.2, 0) is 6.18 Å². The number of aryl methyl sites for hydroxylation is 13. The highest BCUT2D eigenvalue weighted by atomic mass is 19.4.